The second-order valence-electron chi connectivity index (χ2n) is 5.91. The number of nitrogens with zero attached hydrogens (tertiary/aromatic N) is 5. The van der Waals surface area contributed by atoms with Gasteiger partial charge >= 0.3 is 0 Å². The first-order valence-corrected chi connectivity index (χ1v) is 10.1. The van der Waals surface area contributed by atoms with Gasteiger partial charge in [-0.05, 0) is 49.8 Å². The molecule has 1 fully saturated rings. The van der Waals surface area contributed by atoms with Crippen molar-refractivity contribution in [2.75, 3.05) is 29.9 Å². The number of rotatable bonds is 5. The van der Waals surface area contributed by atoms with Gasteiger partial charge in [0, 0.05) is 38.1 Å². The number of anilines is 2. The van der Waals surface area contributed by atoms with Crippen molar-refractivity contribution in [1.82, 2.24) is 25.3 Å². The van der Waals surface area contributed by atoms with Crippen molar-refractivity contribution < 1.29 is 0 Å². The topological polar surface area (TPSA) is 78.9 Å². The molecule has 7 nitrogen and oxygen atoms in total. The van der Waals surface area contributed by atoms with Crippen molar-refractivity contribution in [3.8, 4) is 0 Å². The molecule has 0 aliphatic carbocycles. The first-order valence-electron chi connectivity index (χ1n) is 8.88. The quantitative estimate of drug-likeness (QED) is 0.455. The highest BCUT2D eigenvalue weighted by Gasteiger charge is 2.15. The Morgan fingerprint density at radius 1 is 1.15 bits per heavy atom. The van der Waals surface area contributed by atoms with Crippen LogP contribution in [0.3, 0.4) is 0 Å². The first kappa shape index (κ1) is 18.8. The van der Waals surface area contributed by atoms with E-state index in [4.69, 9.17) is 12.2 Å². The Labute approximate surface area is 163 Å². The zero-order valence-corrected chi connectivity index (χ0v) is 16.4. The van der Waals surface area contributed by atoms with Crippen LogP contribution in [-0.4, -0.2) is 44.7 Å². The fourth-order valence-corrected chi connectivity index (χ4v) is 3.67. The molecule has 26 heavy (non-hydrogen) atoms. The smallest absolute Gasteiger partial charge is 0.232 e. The monoisotopic (exact) mass is 389 g/mol. The van der Waals surface area contributed by atoms with E-state index in [2.05, 4.69) is 35.5 Å². The third-order valence-corrected chi connectivity index (χ3v) is 4.98. The molecule has 0 bridgehead atoms. The lowest BCUT2D eigenvalue weighted by atomic mass is 10.2. The van der Waals surface area contributed by atoms with Crippen molar-refractivity contribution >= 4 is 40.9 Å². The third kappa shape index (κ3) is 5.50. The van der Waals surface area contributed by atoms with Gasteiger partial charge in [0.05, 0.1) is 0 Å². The molecule has 2 aromatic heterocycles. The maximum atomic E-state index is 5.28. The number of nitrogens with one attached hydrogen (secondary N) is 2. The van der Waals surface area contributed by atoms with Crippen LogP contribution in [0.15, 0.2) is 34.7 Å². The van der Waals surface area contributed by atoms with Gasteiger partial charge in [-0.1, -0.05) is 12.8 Å². The maximum Gasteiger partial charge on any atom is 0.232 e. The lowest BCUT2D eigenvalue weighted by Gasteiger charge is -2.22. The summed E-state index contributed by atoms with van der Waals surface area (Å²) in [7, 11) is 0. The molecule has 2 N–H and O–H groups in total. The van der Waals surface area contributed by atoms with Crippen molar-refractivity contribution in [1.29, 1.82) is 0 Å². The standard InChI is InChI=1S/C17H23N7S2/c1-2-18-16(25)23-15-21-13(24-10-5-3-4-6-11-24)12-14(22-15)26-17-19-8-7-9-20-17/h7-9,12H,2-6,10-11H2,1H3,(H2,18,21,22,23,25). The minimum absolute atomic E-state index is 0.496. The zero-order valence-electron chi connectivity index (χ0n) is 14.8. The molecule has 0 radical (unpaired) electrons. The molecule has 138 valence electrons. The van der Waals surface area contributed by atoms with Gasteiger partial charge in [0.2, 0.25) is 5.95 Å². The molecule has 0 spiro atoms. The Morgan fingerprint density at radius 2 is 1.88 bits per heavy atom. The van der Waals surface area contributed by atoms with E-state index in [0.29, 0.717) is 16.2 Å². The average Bonchev–Trinajstić information content (AvgIpc) is 2.92. The summed E-state index contributed by atoms with van der Waals surface area (Å²) in [6, 6.07) is 3.81. The predicted octanol–water partition coefficient (Wildman–Crippen LogP) is 3.10. The fourth-order valence-electron chi connectivity index (χ4n) is 2.72. The molecule has 0 saturated carbocycles. The van der Waals surface area contributed by atoms with Gasteiger partial charge in [0.1, 0.15) is 10.8 Å². The number of aromatic nitrogens is 4. The van der Waals surface area contributed by atoms with Crippen molar-refractivity contribution in [2.24, 2.45) is 0 Å². The Kier molecular flexibility index (Phi) is 6.96. The second kappa shape index (κ2) is 9.63. The van der Waals surface area contributed by atoms with E-state index >= 15 is 0 Å². The number of hydrogen-bond donors (Lipinski definition) is 2. The van der Waals surface area contributed by atoms with E-state index < -0.39 is 0 Å². The highest BCUT2D eigenvalue weighted by molar-refractivity contribution is 7.99. The molecule has 3 rings (SSSR count). The number of thiocarbonyl (C=S) groups is 1. The van der Waals surface area contributed by atoms with Gasteiger partial charge < -0.3 is 15.5 Å². The zero-order chi connectivity index (χ0) is 18.2. The molecule has 0 unspecified atom stereocenters. The minimum atomic E-state index is 0.496. The van der Waals surface area contributed by atoms with E-state index in [1.165, 1.54) is 37.4 Å². The van der Waals surface area contributed by atoms with Gasteiger partial charge in [-0.3, -0.25) is 0 Å². The van der Waals surface area contributed by atoms with Gasteiger partial charge in [0.25, 0.3) is 0 Å². The van der Waals surface area contributed by atoms with Crippen LogP contribution in [-0.2, 0) is 0 Å². The van der Waals surface area contributed by atoms with Crippen molar-refractivity contribution in [2.45, 2.75) is 42.8 Å². The number of hydrogen-bond acceptors (Lipinski definition) is 7. The Morgan fingerprint density at radius 3 is 2.58 bits per heavy atom. The van der Waals surface area contributed by atoms with E-state index in [1.807, 2.05) is 13.0 Å². The third-order valence-electron chi connectivity index (χ3n) is 3.92. The van der Waals surface area contributed by atoms with Crippen LogP contribution in [0.5, 0.6) is 0 Å². The molecular weight excluding hydrogens is 366 g/mol. The van der Waals surface area contributed by atoms with Gasteiger partial charge in [-0.2, -0.15) is 4.98 Å². The molecule has 1 aliphatic heterocycles. The highest BCUT2D eigenvalue weighted by Crippen LogP contribution is 2.27. The maximum absolute atomic E-state index is 5.28. The highest BCUT2D eigenvalue weighted by atomic mass is 32.2. The normalized spacial score (nSPS) is 14.6. The summed E-state index contributed by atoms with van der Waals surface area (Å²) in [5.74, 6) is 1.42. The van der Waals surface area contributed by atoms with E-state index in [-0.39, 0.29) is 0 Å². The fraction of sp³-hybridized carbons (Fsp3) is 0.471. The predicted molar refractivity (Wildman–Crippen MR) is 109 cm³/mol. The Hall–Kier alpha value is -2.00. The van der Waals surface area contributed by atoms with Crippen LogP contribution in [0.2, 0.25) is 0 Å². The summed E-state index contributed by atoms with van der Waals surface area (Å²) in [4.78, 5) is 20.1. The van der Waals surface area contributed by atoms with E-state index in [0.717, 1.165) is 30.5 Å². The van der Waals surface area contributed by atoms with Crippen LogP contribution in [0.1, 0.15) is 32.6 Å². The summed E-state index contributed by atoms with van der Waals surface area (Å²) < 4.78 is 0. The van der Waals surface area contributed by atoms with Crippen LogP contribution in [0.4, 0.5) is 11.8 Å². The molecule has 2 aromatic rings. The van der Waals surface area contributed by atoms with Crippen LogP contribution < -0.4 is 15.5 Å². The van der Waals surface area contributed by atoms with E-state index in [1.54, 1.807) is 18.5 Å². The summed E-state index contributed by atoms with van der Waals surface area (Å²) >= 11 is 6.70. The van der Waals surface area contributed by atoms with Crippen molar-refractivity contribution in [3.63, 3.8) is 0 Å². The van der Waals surface area contributed by atoms with Crippen LogP contribution >= 0.6 is 24.0 Å². The van der Waals surface area contributed by atoms with Gasteiger partial charge in [-0.25, -0.2) is 15.0 Å². The molecule has 3 heterocycles. The summed E-state index contributed by atoms with van der Waals surface area (Å²) in [5, 5.41) is 8.13. The van der Waals surface area contributed by atoms with E-state index in [9.17, 15) is 0 Å². The average molecular weight is 390 g/mol. The van der Waals surface area contributed by atoms with Crippen LogP contribution in [0, 0.1) is 0 Å². The Balaban J connectivity index is 1.86. The minimum Gasteiger partial charge on any atom is -0.363 e. The summed E-state index contributed by atoms with van der Waals surface area (Å²) in [6.07, 6.45) is 8.38. The van der Waals surface area contributed by atoms with Gasteiger partial charge in [0.15, 0.2) is 10.3 Å². The second-order valence-corrected chi connectivity index (χ2v) is 7.30. The largest absolute Gasteiger partial charge is 0.363 e. The first-order chi connectivity index (χ1) is 12.7. The molecule has 1 aliphatic rings. The summed E-state index contributed by atoms with van der Waals surface area (Å²) in [5.41, 5.74) is 0. The molecule has 0 aromatic carbocycles. The summed E-state index contributed by atoms with van der Waals surface area (Å²) in [6.45, 7) is 4.77. The molecule has 9 heteroatoms. The Bertz CT molecular complexity index is 718. The lowest BCUT2D eigenvalue weighted by molar-refractivity contribution is 0.726. The lowest BCUT2D eigenvalue weighted by Crippen LogP contribution is -2.30. The molecule has 0 atom stereocenters. The molecule has 0 amide bonds. The SMILES string of the molecule is CCNC(=S)Nc1nc(Sc2ncccn2)cc(N2CCCCCC2)n1. The van der Waals surface area contributed by atoms with Crippen molar-refractivity contribution in [3.05, 3.63) is 24.5 Å². The molecular formula is C17H23N7S2. The van der Waals surface area contributed by atoms with Crippen LogP contribution in [0.25, 0.3) is 0 Å². The van der Waals surface area contributed by atoms with Gasteiger partial charge in [-0.15, -0.1) is 0 Å². The molecule has 1 saturated heterocycles.